The molecule has 0 aromatic heterocycles. The van der Waals surface area contributed by atoms with Gasteiger partial charge in [-0.05, 0) is 44.9 Å². The first-order valence-corrected chi connectivity index (χ1v) is 9.49. The third-order valence-corrected chi connectivity index (χ3v) is 7.41. The minimum absolute atomic E-state index is 0.0481. The van der Waals surface area contributed by atoms with Crippen molar-refractivity contribution in [3.05, 3.63) is 0 Å². The molecule has 22 heavy (non-hydrogen) atoms. The standard InChI is InChI=1S/C15H26N2O4S/c1-5-11(6-2)12(18)16-15(9-10(15)3)13(19)17-22(20,21)14(4)7-8-14/h10-11H,5-9H2,1-4H3,(H,16,18)(H,17,19). The normalized spacial score (nSPS) is 29.0. The van der Waals surface area contributed by atoms with Crippen molar-refractivity contribution in [2.45, 2.75) is 70.1 Å². The van der Waals surface area contributed by atoms with Crippen molar-refractivity contribution in [2.24, 2.45) is 11.8 Å². The maximum absolute atomic E-state index is 12.5. The molecule has 2 aliphatic carbocycles. The molecule has 2 aliphatic rings. The van der Waals surface area contributed by atoms with Crippen LogP contribution in [0.2, 0.25) is 0 Å². The lowest BCUT2D eigenvalue weighted by atomic mass is 10.0. The van der Waals surface area contributed by atoms with Crippen molar-refractivity contribution in [3.8, 4) is 0 Å². The van der Waals surface area contributed by atoms with Crippen LogP contribution in [0, 0.1) is 11.8 Å². The number of carbonyl (C=O) groups is 2. The van der Waals surface area contributed by atoms with Crippen LogP contribution in [0.25, 0.3) is 0 Å². The summed E-state index contributed by atoms with van der Waals surface area (Å²) in [5, 5.41) is 2.80. The first kappa shape index (κ1) is 17.2. The van der Waals surface area contributed by atoms with Gasteiger partial charge in [-0.3, -0.25) is 14.3 Å². The average Bonchev–Trinajstić information content (AvgIpc) is 3.31. The zero-order chi connectivity index (χ0) is 16.8. The molecule has 2 N–H and O–H groups in total. The zero-order valence-electron chi connectivity index (χ0n) is 13.7. The van der Waals surface area contributed by atoms with Crippen LogP contribution in [0.1, 0.15) is 59.8 Å². The topological polar surface area (TPSA) is 92.3 Å². The minimum Gasteiger partial charge on any atom is -0.341 e. The highest BCUT2D eigenvalue weighted by Crippen LogP contribution is 2.46. The van der Waals surface area contributed by atoms with Gasteiger partial charge in [0.15, 0.2) is 0 Å². The molecule has 0 aromatic rings. The molecule has 0 spiro atoms. The smallest absolute Gasteiger partial charge is 0.259 e. The molecule has 0 bridgehead atoms. The lowest BCUT2D eigenvalue weighted by Gasteiger charge is -2.22. The van der Waals surface area contributed by atoms with Gasteiger partial charge < -0.3 is 5.32 Å². The molecule has 0 saturated heterocycles. The predicted octanol–water partition coefficient (Wildman–Crippen LogP) is 1.32. The number of hydrogen-bond acceptors (Lipinski definition) is 4. The van der Waals surface area contributed by atoms with Gasteiger partial charge in [0.25, 0.3) is 5.91 Å². The van der Waals surface area contributed by atoms with E-state index in [2.05, 4.69) is 10.0 Å². The monoisotopic (exact) mass is 330 g/mol. The molecule has 6 nitrogen and oxygen atoms in total. The van der Waals surface area contributed by atoms with Crippen molar-refractivity contribution in [2.75, 3.05) is 0 Å². The van der Waals surface area contributed by atoms with E-state index in [1.54, 1.807) is 6.92 Å². The molecule has 2 rings (SSSR count). The van der Waals surface area contributed by atoms with E-state index >= 15 is 0 Å². The Morgan fingerprint density at radius 1 is 1.23 bits per heavy atom. The van der Waals surface area contributed by atoms with Crippen molar-refractivity contribution in [1.29, 1.82) is 0 Å². The SMILES string of the molecule is CCC(CC)C(=O)NC1(C(=O)NS(=O)(=O)C2(C)CC2)CC1C. The summed E-state index contributed by atoms with van der Waals surface area (Å²) in [7, 11) is -3.67. The minimum atomic E-state index is -3.67. The number of amides is 2. The van der Waals surface area contributed by atoms with Crippen molar-refractivity contribution >= 4 is 21.8 Å². The fraction of sp³-hybridized carbons (Fsp3) is 0.867. The van der Waals surface area contributed by atoms with Gasteiger partial charge in [-0.15, -0.1) is 0 Å². The van der Waals surface area contributed by atoms with E-state index in [0.717, 1.165) is 0 Å². The van der Waals surface area contributed by atoms with Crippen LogP contribution in [-0.2, 0) is 19.6 Å². The van der Waals surface area contributed by atoms with Gasteiger partial charge in [0, 0.05) is 5.92 Å². The summed E-state index contributed by atoms with van der Waals surface area (Å²) in [6, 6.07) is 0. The number of nitrogens with one attached hydrogen (secondary N) is 2. The van der Waals surface area contributed by atoms with E-state index in [0.29, 0.717) is 32.1 Å². The highest BCUT2D eigenvalue weighted by atomic mass is 32.2. The molecule has 7 heteroatoms. The summed E-state index contributed by atoms with van der Waals surface area (Å²) in [6.07, 6.45) is 3.02. The molecule has 2 atom stereocenters. The van der Waals surface area contributed by atoms with Gasteiger partial charge >= 0.3 is 0 Å². The molecular weight excluding hydrogens is 304 g/mol. The van der Waals surface area contributed by atoms with Crippen molar-refractivity contribution < 1.29 is 18.0 Å². The van der Waals surface area contributed by atoms with Crippen LogP contribution in [0.4, 0.5) is 0 Å². The molecule has 0 aromatic carbocycles. The summed E-state index contributed by atoms with van der Waals surface area (Å²) in [4.78, 5) is 24.7. The predicted molar refractivity (Wildman–Crippen MR) is 83.4 cm³/mol. The van der Waals surface area contributed by atoms with E-state index in [-0.39, 0.29) is 17.7 Å². The zero-order valence-corrected chi connectivity index (χ0v) is 14.5. The van der Waals surface area contributed by atoms with Crippen LogP contribution in [0.5, 0.6) is 0 Å². The first-order chi connectivity index (χ1) is 10.1. The Morgan fingerprint density at radius 3 is 2.09 bits per heavy atom. The van der Waals surface area contributed by atoms with E-state index < -0.39 is 26.2 Å². The van der Waals surface area contributed by atoms with Gasteiger partial charge in [0.1, 0.15) is 5.54 Å². The molecule has 2 unspecified atom stereocenters. The molecule has 0 aliphatic heterocycles. The maximum Gasteiger partial charge on any atom is 0.259 e. The van der Waals surface area contributed by atoms with Crippen molar-refractivity contribution in [3.63, 3.8) is 0 Å². The Bertz CT molecular complexity index is 578. The highest BCUT2D eigenvalue weighted by Gasteiger charge is 2.61. The number of sulfonamides is 1. The molecule has 2 fully saturated rings. The van der Waals surface area contributed by atoms with E-state index in [1.807, 2.05) is 20.8 Å². The van der Waals surface area contributed by atoms with Crippen LogP contribution in [0.3, 0.4) is 0 Å². The fourth-order valence-electron chi connectivity index (χ4n) is 2.73. The molecule has 0 heterocycles. The fourth-order valence-corrected chi connectivity index (χ4v) is 4.05. The molecule has 2 amide bonds. The van der Waals surface area contributed by atoms with E-state index in [9.17, 15) is 18.0 Å². The molecule has 2 saturated carbocycles. The first-order valence-electron chi connectivity index (χ1n) is 8.00. The second-order valence-corrected chi connectivity index (χ2v) is 9.16. The summed E-state index contributed by atoms with van der Waals surface area (Å²) in [5.74, 6) is -0.949. The Labute approximate surface area is 132 Å². The number of carbonyl (C=O) groups excluding carboxylic acids is 2. The summed E-state index contributed by atoms with van der Waals surface area (Å²) >= 11 is 0. The second kappa shape index (κ2) is 5.51. The highest BCUT2D eigenvalue weighted by molar-refractivity contribution is 7.91. The van der Waals surface area contributed by atoms with Gasteiger partial charge in [0.2, 0.25) is 15.9 Å². The third kappa shape index (κ3) is 2.87. The summed E-state index contributed by atoms with van der Waals surface area (Å²) in [5.41, 5.74) is -1.06. The van der Waals surface area contributed by atoms with Gasteiger partial charge in [-0.2, -0.15) is 0 Å². The van der Waals surface area contributed by atoms with E-state index in [4.69, 9.17) is 0 Å². The van der Waals surface area contributed by atoms with Gasteiger partial charge in [-0.1, -0.05) is 20.8 Å². The van der Waals surface area contributed by atoms with Gasteiger partial charge in [0.05, 0.1) is 4.75 Å². The van der Waals surface area contributed by atoms with Gasteiger partial charge in [-0.25, -0.2) is 8.42 Å². The average molecular weight is 330 g/mol. The molecule has 126 valence electrons. The Hall–Kier alpha value is -1.11. The van der Waals surface area contributed by atoms with Crippen LogP contribution < -0.4 is 10.0 Å². The maximum atomic E-state index is 12.5. The van der Waals surface area contributed by atoms with E-state index in [1.165, 1.54) is 0 Å². The number of hydrogen-bond donors (Lipinski definition) is 2. The summed E-state index contributed by atoms with van der Waals surface area (Å²) < 4.78 is 25.7. The van der Waals surface area contributed by atoms with Crippen LogP contribution in [0.15, 0.2) is 0 Å². The molecular formula is C15H26N2O4S. The number of rotatable bonds is 7. The Balaban J connectivity index is 2.08. The lowest BCUT2D eigenvalue weighted by molar-refractivity contribution is -0.131. The largest absolute Gasteiger partial charge is 0.341 e. The Morgan fingerprint density at radius 2 is 1.73 bits per heavy atom. The van der Waals surface area contributed by atoms with Crippen molar-refractivity contribution in [1.82, 2.24) is 10.0 Å². The Kier molecular flexibility index (Phi) is 4.32. The third-order valence-electron chi connectivity index (χ3n) is 5.25. The van der Waals surface area contributed by atoms with Crippen LogP contribution in [-0.4, -0.2) is 30.5 Å². The second-order valence-electron chi connectivity index (χ2n) is 6.96. The molecule has 0 radical (unpaired) electrons. The lowest BCUT2D eigenvalue weighted by Crippen LogP contribution is -2.54. The van der Waals surface area contributed by atoms with Crippen LogP contribution >= 0.6 is 0 Å². The quantitative estimate of drug-likeness (QED) is 0.736. The summed E-state index contributed by atoms with van der Waals surface area (Å²) in [6.45, 7) is 7.33.